The van der Waals surface area contributed by atoms with Gasteiger partial charge in [-0.15, -0.1) is 6.58 Å². The van der Waals surface area contributed by atoms with Gasteiger partial charge in [0.25, 0.3) is 0 Å². The summed E-state index contributed by atoms with van der Waals surface area (Å²) in [5.41, 5.74) is 2.12. The van der Waals surface area contributed by atoms with Gasteiger partial charge in [-0.25, -0.2) is 4.98 Å². The predicted molar refractivity (Wildman–Crippen MR) is 87.7 cm³/mol. The molecule has 0 atom stereocenters. The predicted octanol–water partition coefficient (Wildman–Crippen LogP) is 3.46. The molecule has 0 fully saturated rings. The maximum atomic E-state index is 5.29. The van der Waals surface area contributed by atoms with E-state index in [-0.39, 0.29) is 0 Å². The molecule has 0 aliphatic rings. The molecule has 4 nitrogen and oxygen atoms in total. The van der Waals surface area contributed by atoms with Gasteiger partial charge in [0.05, 0.1) is 24.7 Å². The molecule has 114 valence electrons. The highest BCUT2D eigenvalue weighted by Gasteiger charge is 2.12. The molecule has 0 aliphatic heterocycles. The van der Waals surface area contributed by atoms with Gasteiger partial charge in [0, 0.05) is 12.6 Å². The number of aromatic nitrogens is 2. The standard InChI is InChI=1S/C17H25N3O/c1-5-7-11-19(3)13-17-18-15-12-14(21-4)8-9-16(15)20(17)10-6-2/h6,8-9,12H,2,5,7,10-11,13H2,1,3-4H3. The van der Waals surface area contributed by atoms with Crippen LogP contribution in [0.2, 0.25) is 0 Å². The van der Waals surface area contributed by atoms with Crippen molar-refractivity contribution in [1.29, 1.82) is 0 Å². The van der Waals surface area contributed by atoms with E-state index in [4.69, 9.17) is 9.72 Å². The first-order valence-electron chi connectivity index (χ1n) is 7.52. The van der Waals surface area contributed by atoms with E-state index in [1.807, 2.05) is 18.2 Å². The zero-order valence-electron chi connectivity index (χ0n) is 13.3. The van der Waals surface area contributed by atoms with Crippen LogP contribution in [0.4, 0.5) is 0 Å². The van der Waals surface area contributed by atoms with Gasteiger partial charge >= 0.3 is 0 Å². The number of hydrogen-bond acceptors (Lipinski definition) is 3. The molecule has 21 heavy (non-hydrogen) atoms. The minimum absolute atomic E-state index is 0.778. The van der Waals surface area contributed by atoms with E-state index in [2.05, 4.69) is 36.1 Å². The average molecular weight is 287 g/mol. The largest absolute Gasteiger partial charge is 0.497 e. The Morgan fingerprint density at radius 2 is 2.24 bits per heavy atom. The van der Waals surface area contributed by atoms with E-state index in [0.717, 1.165) is 42.2 Å². The normalized spacial score (nSPS) is 11.2. The summed E-state index contributed by atoms with van der Waals surface area (Å²) < 4.78 is 7.51. The Hall–Kier alpha value is -1.81. The van der Waals surface area contributed by atoms with Crippen molar-refractivity contribution in [2.45, 2.75) is 32.9 Å². The summed E-state index contributed by atoms with van der Waals surface area (Å²) in [4.78, 5) is 7.10. The highest BCUT2D eigenvalue weighted by atomic mass is 16.5. The van der Waals surface area contributed by atoms with Crippen LogP contribution in [0, 0.1) is 0 Å². The van der Waals surface area contributed by atoms with Crippen molar-refractivity contribution in [3.05, 3.63) is 36.7 Å². The molecule has 0 radical (unpaired) electrons. The Balaban J connectivity index is 2.32. The SMILES string of the molecule is C=CCn1c(CN(C)CCCC)nc2cc(OC)ccc21. The van der Waals surface area contributed by atoms with Crippen LogP contribution in [-0.2, 0) is 13.1 Å². The molecule has 4 heteroatoms. The fourth-order valence-electron chi connectivity index (χ4n) is 2.49. The second-order valence-corrected chi connectivity index (χ2v) is 5.37. The summed E-state index contributed by atoms with van der Waals surface area (Å²) in [7, 11) is 3.83. The summed E-state index contributed by atoms with van der Waals surface area (Å²) in [5, 5.41) is 0. The summed E-state index contributed by atoms with van der Waals surface area (Å²) >= 11 is 0. The molecular weight excluding hydrogens is 262 g/mol. The topological polar surface area (TPSA) is 30.3 Å². The third-order valence-corrected chi connectivity index (χ3v) is 3.65. The first-order chi connectivity index (χ1) is 10.2. The summed E-state index contributed by atoms with van der Waals surface area (Å²) in [6.45, 7) is 8.80. The monoisotopic (exact) mass is 287 g/mol. The Morgan fingerprint density at radius 3 is 2.90 bits per heavy atom. The van der Waals surface area contributed by atoms with Crippen LogP contribution in [0.1, 0.15) is 25.6 Å². The lowest BCUT2D eigenvalue weighted by molar-refractivity contribution is 0.309. The number of nitrogens with zero attached hydrogens (tertiary/aromatic N) is 3. The Morgan fingerprint density at radius 1 is 1.43 bits per heavy atom. The highest BCUT2D eigenvalue weighted by Crippen LogP contribution is 2.22. The van der Waals surface area contributed by atoms with Gasteiger partial charge in [-0.2, -0.15) is 0 Å². The third kappa shape index (κ3) is 3.64. The quantitative estimate of drug-likeness (QED) is 0.697. The molecule has 2 rings (SSSR count). The van der Waals surface area contributed by atoms with E-state index in [0.29, 0.717) is 0 Å². The molecule has 0 aliphatic carbocycles. The molecule has 0 saturated heterocycles. The number of methoxy groups -OCH3 is 1. The second-order valence-electron chi connectivity index (χ2n) is 5.37. The molecule has 1 aromatic carbocycles. The molecule has 0 bridgehead atoms. The van der Waals surface area contributed by atoms with Crippen molar-refractivity contribution >= 4 is 11.0 Å². The summed E-state index contributed by atoms with van der Waals surface area (Å²) in [5.74, 6) is 1.92. The molecule has 0 N–H and O–H groups in total. The number of ether oxygens (including phenoxy) is 1. The lowest BCUT2D eigenvalue weighted by Crippen LogP contribution is -2.21. The highest BCUT2D eigenvalue weighted by molar-refractivity contribution is 5.77. The molecule has 1 heterocycles. The van der Waals surface area contributed by atoms with Crippen LogP contribution in [0.25, 0.3) is 11.0 Å². The van der Waals surface area contributed by atoms with Crippen molar-refractivity contribution in [3.63, 3.8) is 0 Å². The molecule has 2 aromatic rings. The number of rotatable bonds is 8. The molecule has 0 saturated carbocycles. The van der Waals surface area contributed by atoms with Crippen LogP contribution in [0.5, 0.6) is 5.75 Å². The van der Waals surface area contributed by atoms with Crippen LogP contribution < -0.4 is 4.74 Å². The molecule has 0 spiro atoms. The first kappa shape index (κ1) is 15.6. The smallest absolute Gasteiger partial charge is 0.124 e. The number of fused-ring (bicyclic) bond motifs is 1. The van der Waals surface area contributed by atoms with Crippen molar-refractivity contribution in [2.75, 3.05) is 20.7 Å². The molecule has 0 unspecified atom stereocenters. The van der Waals surface area contributed by atoms with Gasteiger partial charge < -0.3 is 9.30 Å². The van der Waals surface area contributed by atoms with E-state index >= 15 is 0 Å². The third-order valence-electron chi connectivity index (χ3n) is 3.65. The molecular formula is C17H25N3O. The Kier molecular flexibility index (Phi) is 5.39. The minimum atomic E-state index is 0.778. The van der Waals surface area contributed by atoms with Crippen molar-refractivity contribution in [1.82, 2.24) is 14.5 Å². The average Bonchev–Trinajstić information content (AvgIpc) is 2.82. The van der Waals surface area contributed by atoms with Gasteiger partial charge in [0.2, 0.25) is 0 Å². The van der Waals surface area contributed by atoms with Crippen molar-refractivity contribution < 1.29 is 4.74 Å². The number of imidazole rings is 1. The second kappa shape index (κ2) is 7.27. The molecule has 1 aromatic heterocycles. The zero-order valence-corrected chi connectivity index (χ0v) is 13.3. The fraction of sp³-hybridized carbons (Fsp3) is 0.471. The lowest BCUT2D eigenvalue weighted by Gasteiger charge is -2.16. The van der Waals surface area contributed by atoms with E-state index < -0.39 is 0 Å². The van der Waals surface area contributed by atoms with Crippen LogP contribution >= 0.6 is 0 Å². The van der Waals surface area contributed by atoms with E-state index in [1.54, 1.807) is 7.11 Å². The fourth-order valence-corrected chi connectivity index (χ4v) is 2.49. The van der Waals surface area contributed by atoms with Gasteiger partial charge in [0.15, 0.2) is 0 Å². The van der Waals surface area contributed by atoms with Crippen LogP contribution in [0.15, 0.2) is 30.9 Å². The maximum Gasteiger partial charge on any atom is 0.124 e. The number of unbranched alkanes of at least 4 members (excludes halogenated alkanes) is 1. The van der Waals surface area contributed by atoms with Crippen molar-refractivity contribution in [3.8, 4) is 5.75 Å². The number of allylic oxidation sites excluding steroid dienone is 1. The maximum absolute atomic E-state index is 5.29. The number of hydrogen-bond donors (Lipinski definition) is 0. The van der Waals surface area contributed by atoms with Gasteiger partial charge in [-0.05, 0) is 32.1 Å². The molecule has 0 amide bonds. The Bertz CT molecular complexity index is 603. The van der Waals surface area contributed by atoms with Gasteiger partial charge in [-0.1, -0.05) is 19.4 Å². The number of benzene rings is 1. The zero-order chi connectivity index (χ0) is 15.2. The van der Waals surface area contributed by atoms with E-state index in [1.165, 1.54) is 12.8 Å². The summed E-state index contributed by atoms with van der Waals surface area (Å²) in [6, 6.07) is 6.04. The van der Waals surface area contributed by atoms with Crippen molar-refractivity contribution in [2.24, 2.45) is 0 Å². The van der Waals surface area contributed by atoms with Gasteiger partial charge in [0.1, 0.15) is 11.6 Å². The van der Waals surface area contributed by atoms with Crippen LogP contribution in [0.3, 0.4) is 0 Å². The summed E-state index contributed by atoms with van der Waals surface area (Å²) in [6.07, 6.45) is 4.34. The first-order valence-corrected chi connectivity index (χ1v) is 7.52. The lowest BCUT2D eigenvalue weighted by atomic mass is 10.3. The van der Waals surface area contributed by atoms with Gasteiger partial charge in [-0.3, -0.25) is 4.90 Å². The van der Waals surface area contributed by atoms with E-state index in [9.17, 15) is 0 Å². The minimum Gasteiger partial charge on any atom is -0.497 e. The van der Waals surface area contributed by atoms with Crippen LogP contribution in [-0.4, -0.2) is 35.2 Å². The Labute approximate surface area is 127 Å².